The molecule has 0 aliphatic carbocycles. The smallest absolute Gasteiger partial charge is 0.287 e. The van der Waals surface area contributed by atoms with E-state index in [-0.39, 0.29) is 5.91 Å². The number of hydrogen-bond acceptors (Lipinski definition) is 4. The van der Waals surface area contributed by atoms with Crippen LogP contribution in [0.2, 0.25) is 0 Å². The van der Waals surface area contributed by atoms with Gasteiger partial charge >= 0.3 is 0 Å². The number of amides is 1. The van der Waals surface area contributed by atoms with Crippen LogP contribution in [0.4, 0.5) is 0 Å². The third kappa shape index (κ3) is 2.92. The molecule has 3 aromatic rings. The molecule has 1 aromatic carbocycles. The first-order chi connectivity index (χ1) is 11.3. The molecule has 0 unspecified atom stereocenters. The van der Waals surface area contributed by atoms with Crippen molar-refractivity contribution in [3.63, 3.8) is 0 Å². The van der Waals surface area contributed by atoms with Crippen LogP contribution in [0.1, 0.15) is 23.4 Å². The number of fused-ring (bicyclic) bond motifs is 2. The van der Waals surface area contributed by atoms with Crippen molar-refractivity contribution in [2.75, 3.05) is 19.6 Å². The molecule has 118 valence electrons. The summed E-state index contributed by atoms with van der Waals surface area (Å²) < 4.78 is 5.64. The first kappa shape index (κ1) is 14.2. The topological polar surface area (TPSA) is 67.2 Å². The molecule has 0 radical (unpaired) electrons. The molecular formula is C18H19N3O2. The molecule has 3 heterocycles. The van der Waals surface area contributed by atoms with E-state index in [4.69, 9.17) is 4.42 Å². The molecular weight excluding hydrogens is 290 g/mol. The second kappa shape index (κ2) is 6.01. The largest absolute Gasteiger partial charge is 0.433 e. The molecule has 5 nitrogen and oxygen atoms in total. The number of nitrogens with one attached hydrogen (secondary N) is 2. The zero-order valence-corrected chi connectivity index (χ0v) is 12.8. The van der Waals surface area contributed by atoms with Gasteiger partial charge in [-0.25, -0.2) is 4.98 Å². The van der Waals surface area contributed by atoms with Crippen LogP contribution >= 0.6 is 0 Å². The zero-order valence-electron chi connectivity index (χ0n) is 12.8. The number of furan rings is 1. The number of piperidine rings is 1. The van der Waals surface area contributed by atoms with E-state index in [1.165, 1.54) is 0 Å². The zero-order chi connectivity index (χ0) is 15.6. The molecule has 2 N–H and O–H groups in total. The van der Waals surface area contributed by atoms with Gasteiger partial charge in [-0.05, 0) is 50.0 Å². The minimum Gasteiger partial charge on any atom is -0.433 e. The number of nitrogens with zero attached hydrogens (tertiary/aromatic N) is 1. The number of pyridine rings is 1. The molecule has 5 heteroatoms. The van der Waals surface area contributed by atoms with Crippen LogP contribution in [0, 0.1) is 5.92 Å². The summed E-state index contributed by atoms with van der Waals surface area (Å²) in [5, 5.41) is 8.21. The van der Waals surface area contributed by atoms with Crippen molar-refractivity contribution in [2.24, 2.45) is 5.92 Å². The second-order valence-electron chi connectivity index (χ2n) is 6.09. The first-order valence-corrected chi connectivity index (χ1v) is 8.08. The van der Waals surface area contributed by atoms with E-state index in [0.29, 0.717) is 23.9 Å². The van der Waals surface area contributed by atoms with E-state index in [2.05, 4.69) is 15.6 Å². The van der Waals surface area contributed by atoms with Crippen LogP contribution in [-0.4, -0.2) is 30.5 Å². The average Bonchev–Trinajstić information content (AvgIpc) is 3.01. The number of carbonyl (C=O) groups is 1. The Morgan fingerprint density at radius 3 is 2.91 bits per heavy atom. The summed E-state index contributed by atoms with van der Waals surface area (Å²) in [6, 6.07) is 11.6. The third-order valence-electron chi connectivity index (χ3n) is 4.44. The Morgan fingerprint density at radius 2 is 2.04 bits per heavy atom. The quantitative estimate of drug-likeness (QED) is 0.780. The number of hydrogen-bond donors (Lipinski definition) is 2. The van der Waals surface area contributed by atoms with Crippen molar-refractivity contribution in [1.82, 2.24) is 15.6 Å². The Kier molecular flexibility index (Phi) is 3.71. The Labute approximate surface area is 134 Å². The molecule has 1 amide bonds. The van der Waals surface area contributed by atoms with Gasteiger partial charge < -0.3 is 15.1 Å². The third-order valence-corrected chi connectivity index (χ3v) is 4.44. The first-order valence-electron chi connectivity index (χ1n) is 8.08. The number of para-hydroxylation sites is 1. The van der Waals surface area contributed by atoms with E-state index in [9.17, 15) is 4.79 Å². The van der Waals surface area contributed by atoms with Crippen molar-refractivity contribution >= 4 is 27.9 Å². The van der Waals surface area contributed by atoms with Crippen LogP contribution in [0.3, 0.4) is 0 Å². The number of carbonyl (C=O) groups excluding carboxylic acids is 1. The van der Waals surface area contributed by atoms with Gasteiger partial charge in [-0.2, -0.15) is 0 Å². The van der Waals surface area contributed by atoms with Crippen LogP contribution < -0.4 is 10.6 Å². The lowest BCUT2D eigenvalue weighted by Gasteiger charge is -2.22. The van der Waals surface area contributed by atoms with E-state index >= 15 is 0 Å². The van der Waals surface area contributed by atoms with Crippen molar-refractivity contribution in [3.8, 4) is 0 Å². The Morgan fingerprint density at radius 1 is 1.22 bits per heavy atom. The normalized spacial score (nSPS) is 16.0. The van der Waals surface area contributed by atoms with Crippen LogP contribution in [0.25, 0.3) is 22.0 Å². The molecule has 4 rings (SSSR count). The SMILES string of the molecule is O=C(NCC1CCNCC1)c1cc2cc3ccccc3nc2o1. The summed E-state index contributed by atoms with van der Waals surface area (Å²) in [7, 11) is 0. The lowest BCUT2D eigenvalue weighted by Crippen LogP contribution is -2.35. The summed E-state index contributed by atoms with van der Waals surface area (Å²) in [6.45, 7) is 2.76. The van der Waals surface area contributed by atoms with Crippen molar-refractivity contribution < 1.29 is 9.21 Å². The molecule has 23 heavy (non-hydrogen) atoms. The number of benzene rings is 1. The summed E-state index contributed by atoms with van der Waals surface area (Å²) in [4.78, 5) is 16.8. The van der Waals surface area contributed by atoms with Crippen molar-refractivity contribution in [2.45, 2.75) is 12.8 Å². The lowest BCUT2D eigenvalue weighted by molar-refractivity contribution is 0.0918. The fraction of sp³-hybridized carbons (Fsp3) is 0.333. The second-order valence-corrected chi connectivity index (χ2v) is 6.09. The van der Waals surface area contributed by atoms with Gasteiger partial charge in [0.25, 0.3) is 5.91 Å². The van der Waals surface area contributed by atoms with E-state index in [1.807, 2.05) is 30.3 Å². The van der Waals surface area contributed by atoms with Gasteiger partial charge in [0.2, 0.25) is 5.71 Å². The van der Waals surface area contributed by atoms with Gasteiger partial charge in [0.1, 0.15) is 0 Å². The van der Waals surface area contributed by atoms with Crippen LogP contribution in [0.15, 0.2) is 40.8 Å². The van der Waals surface area contributed by atoms with E-state index in [1.54, 1.807) is 6.07 Å². The maximum atomic E-state index is 12.3. The fourth-order valence-electron chi connectivity index (χ4n) is 3.10. The standard InChI is InChI=1S/C18H19N3O2/c22-17(20-11-12-5-7-19-8-6-12)16-10-14-9-13-3-1-2-4-15(13)21-18(14)23-16/h1-4,9-10,12,19H,5-8,11H2,(H,20,22). The summed E-state index contributed by atoms with van der Waals surface area (Å²) in [6.07, 6.45) is 2.21. The molecule has 0 spiro atoms. The fourth-order valence-corrected chi connectivity index (χ4v) is 3.10. The molecule has 0 bridgehead atoms. The summed E-state index contributed by atoms with van der Waals surface area (Å²) in [5.74, 6) is 0.715. The van der Waals surface area contributed by atoms with Gasteiger partial charge in [-0.15, -0.1) is 0 Å². The van der Waals surface area contributed by atoms with Gasteiger partial charge in [-0.1, -0.05) is 18.2 Å². The highest BCUT2D eigenvalue weighted by molar-refractivity contribution is 5.98. The Hall–Kier alpha value is -2.40. The summed E-state index contributed by atoms with van der Waals surface area (Å²) >= 11 is 0. The summed E-state index contributed by atoms with van der Waals surface area (Å²) in [5.41, 5.74) is 1.38. The molecule has 1 saturated heterocycles. The van der Waals surface area contributed by atoms with Crippen molar-refractivity contribution in [1.29, 1.82) is 0 Å². The Bertz CT molecular complexity index is 797. The van der Waals surface area contributed by atoms with Gasteiger partial charge in [0.05, 0.1) is 5.52 Å². The van der Waals surface area contributed by atoms with Crippen LogP contribution in [0.5, 0.6) is 0 Å². The minimum atomic E-state index is -0.161. The molecule has 2 aromatic heterocycles. The monoisotopic (exact) mass is 309 g/mol. The van der Waals surface area contributed by atoms with E-state index in [0.717, 1.165) is 42.2 Å². The maximum absolute atomic E-state index is 12.3. The van der Waals surface area contributed by atoms with Gasteiger partial charge in [0.15, 0.2) is 5.76 Å². The van der Waals surface area contributed by atoms with Gasteiger partial charge in [-0.3, -0.25) is 4.79 Å². The Balaban J connectivity index is 1.53. The highest BCUT2D eigenvalue weighted by Crippen LogP contribution is 2.22. The molecule has 1 fully saturated rings. The van der Waals surface area contributed by atoms with Crippen LogP contribution in [-0.2, 0) is 0 Å². The number of aromatic nitrogens is 1. The minimum absolute atomic E-state index is 0.161. The van der Waals surface area contributed by atoms with E-state index < -0.39 is 0 Å². The van der Waals surface area contributed by atoms with Crippen molar-refractivity contribution in [3.05, 3.63) is 42.2 Å². The maximum Gasteiger partial charge on any atom is 0.287 e. The number of rotatable bonds is 3. The molecule has 1 aliphatic rings. The predicted octanol–water partition coefficient (Wildman–Crippen LogP) is 2.71. The molecule has 0 saturated carbocycles. The highest BCUT2D eigenvalue weighted by Gasteiger charge is 2.17. The highest BCUT2D eigenvalue weighted by atomic mass is 16.4. The molecule has 0 atom stereocenters. The lowest BCUT2D eigenvalue weighted by atomic mass is 9.98. The average molecular weight is 309 g/mol. The molecule has 1 aliphatic heterocycles. The van der Waals surface area contributed by atoms with Gasteiger partial charge in [0, 0.05) is 17.3 Å². The predicted molar refractivity (Wildman–Crippen MR) is 89.4 cm³/mol.